The van der Waals surface area contributed by atoms with E-state index in [1.165, 1.54) is 31.2 Å². The Morgan fingerprint density at radius 1 is 1.12 bits per heavy atom. The summed E-state index contributed by atoms with van der Waals surface area (Å²) in [4.78, 5) is 39.2. The summed E-state index contributed by atoms with van der Waals surface area (Å²) in [5.41, 5.74) is 3.01. The lowest BCUT2D eigenvalue weighted by Crippen LogP contribution is -2.44. The lowest BCUT2D eigenvalue weighted by molar-refractivity contribution is -0.128. The Kier molecular flexibility index (Phi) is 9.12. The highest BCUT2D eigenvalue weighted by Gasteiger charge is 2.31. The van der Waals surface area contributed by atoms with Crippen LogP contribution in [0.1, 0.15) is 45.6 Å². The predicted molar refractivity (Wildman–Crippen MR) is 126 cm³/mol. The Hall–Kier alpha value is -2.79. The average molecular weight is 511 g/mol. The molecule has 0 saturated carbocycles. The van der Waals surface area contributed by atoms with Crippen molar-refractivity contribution in [1.82, 2.24) is 10.2 Å². The summed E-state index contributed by atoms with van der Waals surface area (Å²) in [6.45, 7) is 4.38. The van der Waals surface area contributed by atoms with Gasteiger partial charge in [0, 0.05) is 19.0 Å². The largest absolute Gasteiger partial charge is 0.445 e. The summed E-state index contributed by atoms with van der Waals surface area (Å²) in [6.07, 6.45) is -0.869. The van der Waals surface area contributed by atoms with Crippen molar-refractivity contribution < 1.29 is 19.1 Å². The number of alkyl halides is 3. The number of nitrogens with zero attached hydrogens (tertiary/aromatic N) is 2. The maximum Gasteiger partial charge on any atom is 0.407 e. The fourth-order valence-corrected chi connectivity index (χ4v) is 3.33. The van der Waals surface area contributed by atoms with E-state index in [-0.39, 0.29) is 12.1 Å². The van der Waals surface area contributed by atoms with Gasteiger partial charge in [0.05, 0.1) is 17.7 Å². The van der Waals surface area contributed by atoms with E-state index in [1.807, 2.05) is 38.1 Å². The third-order valence-electron chi connectivity index (χ3n) is 4.73. The van der Waals surface area contributed by atoms with Crippen LogP contribution in [0.25, 0.3) is 0 Å². The minimum absolute atomic E-state index is 0.134. The van der Waals surface area contributed by atoms with Crippen LogP contribution >= 0.6 is 34.8 Å². The number of nitrogens with one attached hydrogen (secondary N) is 1. The van der Waals surface area contributed by atoms with Gasteiger partial charge in [0.1, 0.15) is 6.61 Å². The molecule has 0 heterocycles. The van der Waals surface area contributed by atoms with Crippen molar-refractivity contribution in [2.24, 2.45) is 0 Å². The second-order valence-corrected chi connectivity index (χ2v) is 9.85. The van der Waals surface area contributed by atoms with Crippen LogP contribution in [0.2, 0.25) is 0 Å². The quantitative estimate of drug-likeness (QED) is 0.551. The van der Waals surface area contributed by atoms with Crippen LogP contribution in [0.15, 0.2) is 42.5 Å². The maximum absolute atomic E-state index is 13.3. The second-order valence-electron chi connectivity index (χ2n) is 7.33. The van der Waals surface area contributed by atoms with E-state index in [1.54, 1.807) is 0 Å². The molecule has 0 spiro atoms. The van der Waals surface area contributed by atoms with E-state index in [2.05, 4.69) is 5.32 Å². The number of halogens is 3. The second kappa shape index (κ2) is 11.4. The predicted octanol–water partition coefficient (Wildman–Crippen LogP) is 5.00. The van der Waals surface area contributed by atoms with Gasteiger partial charge in [-0.1, -0.05) is 58.6 Å². The van der Waals surface area contributed by atoms with E-state index < -0.39 is 34.3 Å². The zero-order chi connectivity index (χ0) is 24.8. The van der Waals surface area contributed by atoms with Crippen LogP contribution in [0.4, 0.5) is 4.79 Å². The van der Waals surface area contributed by atoms with E-state index in [9.17, 15) is 14.4 Å². The summed E-state index contributed by atoms with van der Waals surface area (Å²) in [7, 11) is 0. The summed E-state index contributed by atoms with van der Waals surface area (Å²) in [5.74, 6) is -1.10. The van der Waals surface area contributed by atoms with E-state index in [4.69, 9.17) is 44.8 Å². The molecule has 3 amide bonds. The lowest BCUT2D eigenvalue weighted by atomic mass is 9.96. The number of carbonyl (C=O) groups is 3. The molecule has 1 N–H and O–H groups in total. The van der Waals surface area contributed by atoms with Crippen LogP contribution in [0.5, 0.6) is 0 Å². The first kappa shape index (κ1) is 26.5. The lowest BCUT2D eigenvalue weighted by Gasteiger charge is -2.31. The fraction of sp³-hybridized carbons (Fsp3) is 0.304. The number of benzene rings is 2. The highest BCUT2D eigenvalue weighted by molar-refractivity contribution is 6.67. The number of carbonyl (C=O) groups excluding carboxylic acids is 3. The molecule has 1 atom stereocenters. The van der Waals surface area contributed by atoms with Gasteiger partial charge in [-0.3, -0.25) is 14.5 Å². The summed E-state index contributed by atoms with van der Waals surface area (Å²) in [5, 5.41) is 11.5. The molecule has 7 nitrogen and oxygen atoms in total. The molecule has 2 rings (SSSR count). The molecule has 0 radical (unpaired) electrons. The molecule has 2 aromatic carbocycles. The number of nitriles is 1. The van der Waals surface area contributed by atoms with Crippen molar-refractivity contribution in [2.45, 2.75) is 30.6 Å². The van der Waals surface area contributed by atoms with Crippen molar-refractivity contribution in [3.05, 3.63) is 70.3 Å². The van der Waals surface area contributed by atoms with Crippen LogP contribution < -0.4 is 5.32 Å². The Morgan fingerprint density at radius 2 is 1.76 bits per heavy atom. The first-order valence-electron chi connectivity index (χ1n) is 9.81. The third kappa shape index (κ3) is 7.64. The normalized spacial score (nSPS) is 11.8. The van der Waals surface area contributed by atoms with Crippen LogP contribution in [-0.4, -0.2) is 39.8 Å². The summed E-state index contributed by atoms with van der Waals surface area (Å²) >= 11 is 16.8. The van der Waals surface area contributed by atoms with E-state index in [0.29, 0.717) is 11.1 Å². The topological polar surface area (TPSA) is 99.5 Å². The Morgan fingerprint density at radius 3 is 2.30 bits per heavy atom. The van der Waals surface area contributed by atoms with Crippen molar-refractivity contribution in [3.8, 4) is 6.07 Å². The highest BCUT2D eigenvalue weighted by atomic mass is 35.6. The van der Waals surface area contributed by atoms with Gasteiger partial charge >= 0.3 is 6.09 Å². The number of rotatable bonds is 6. The molecular formula is C23H22Cl3N3O4. The van der Waals surface area contributed by atoms with Gasteiger partial charge in [0.2, 0.25) is 9.70 Å². The van der Waals surface area contributed by atoms with Crippen molar-refractivity contribution in [2.75, 3.05) is 13.2 Å². The minimum Gasteiger partial charge on any atom is -0.445 e. The molecule has 0 fully saturated rings. The molecule has 0 aliphatic heterocycles. The smallest absolute Gasteiger partial charge is 0.407 e. The molecule has 33 heavy (non-hydrogen) atoms. The molecule has 1 unspecified atom stereocenters. The third-order valence-corrected chi connectivity index (χ3v) is 5.06. The molecule has 10 heteroatoms. The van der Waals surface area contributed by atoms with Crippen molar-refractivity contribution in [1.29, 1.82) is 5.26 Å². The highest BCUT2D eigenvalue weighted by Crippen LogP contribution is 2.28. The van der Waals surface area contributed by atoms with Crippen LogP contribution in [-0.2, 0) is 9.53 Å². The molecular weight excluding hydrogens is 489 g/mol. The zero-order valence-electron chi connectivity index (χ0n) is 18.2. The van der Waals surface area contributed by atoms with Crippen LogP contribution in [0.3, 0.4) is 0 Å². The van der Waals surface area contributed by atoms with Gasteiger partial charge in [-0.05, 0) is 49.2 Å². The van der Waals surface area contributed by atoms with Crippen molar-refractivity contribution in [3.63, 3.8) is 0 Å². The molecule has 0 saturated heterocycles. The molecule has 174 valence electrons. The van der Waals surface area contributed by atoms with Gasteiger partial charge < -0.3 is 10.1 Å². The minimum atomic E-state index is -1.78. The number of alkyl carbamates (subject to hydrolysis) is 1. The molecule has 0 aliphatic rings. The number of imide groups is 1. The number of hydrogen-bond donors (Lipinski definition) is 1. The molecule has 0 bridgehead atoms. The molecule has 0 aromatic heterocycles. The van der Waals surface area contributed by atoms with Gasteiger partial charge in [-0.15, -0.1) is 0 Å². The Balaban J connectivity index is 2.41. The Labute approximate surface area is 207 Å². The average Bonchev–Trinajstić information content (AvgIpc) is 2.75. The zero-order valence-corrected chi connectivity index (χ0v) is 20.5. The van der Waals surface area contributed by atoms with E-state index >= 15 is 0 Å². The maximum atomic E-state index is 13.3. The van der Waals surface area contributed by atoms with Gasteiger partial charge in [0.25, 0.3) is 5.91 Å². The van der Waals surface area contributed by atoms with E-state index in [0.717, 1.165) is 16.0 Å². The fourth-order valence-electron chi connectivity index (χ4n) is 3.17. The van der Waals surface area contributed by atoms with Gasteiger partial charge in [0.15, 0.2) is 0 Å². The standard InChI is InChI=1S/C23H22Cl3N3O4/c1-14-4-5-15(2)19(10-14)20(12-28-22(32)33-13-23(24,25)26)29(16(3)30)21(31)18-8-6-17(11-27)7-9-18/h4-10,20H,12-13H2,1-3H3,(H,28,32). The summed E-state index contributed by atoms with van der Waals surface area (Å²) in [6, 6.07) is 12.7. The number of amides is 3. The first-order chi connectivity index (χ1) is 15.4. The molecule has 0 aliphatic carbocycles. The van der Waals surface area contributed by atoms with Gasteiger partial charge in [-0.25, -0.2) is 4.79 Å². The SMILES string of the molecule is CC(=O)N(C(=O)c1ccc(C#N)cc1)C(CNC(=O)OCC(Cl)(Cl)Cl)c1cc(C)ccc1C. The molecule has 2 aromatic rings. The number of ether oxygens (including phenoxy) is 1. The van der Waals surface area contributed by atoms with Gasteiger partial charge in [-0.2, -0.15) is 5.26 Å². The number of aryl methyl sites for hydroxylation is 2. The Bertz CT molecular complexity index is 1080. The number of hydrogen-bond acceptors (Lipinski definition) is 5. The van der Waals surface area contributed by atoms with Crippen LogP contribution in [0, 0.1) is 25.2 Å². The van der Waals surface area contributed by atoms with Crippen molar-refractivity contribution >= 4 is 52.7 Å². The monoisotopic (exact) mass is 509 g/mol. The summed E-state index contributed by atoms with van der Waals surface area (Å²) < 4.78 is 3.12. The first-order valence-corrected chi connectivity index (χ1v) is 10.9.